The first kappa shape index (κ1) is 10.3. The molecule has 3 nitrogen and oxygen atoms in total. The van der Waals surface area contributed by atoms with E-state index in [9.17, 15) is 8.78 Å². The van der Waals surface area contributed by atoms with Crippen molar-refractivity contribution >= 4 is 0 Å². The van der Waals surface area contributed by atoms with Crippen molar-refractivity contribution in [3.05, 3.63) is 23.8 Å². The van der Waals surface area contributed by atoms with Crippen LogP contribution in [0.2, 0.25) is 0 Å². The molecule has 0 aliphatic carbocycles. The third-order valence-corrected chi connectivity index (χ3v) is 1.53. The Labute approximate surface area is 79.5 Å². The smallest absolute Gasteiger partial charge is 0.387 e. The Morgan fingerprint density at radius 3 is 2.64 bits per heavy atom. The average molecular weight is 199 g/mol. The van der Waals surface area contributed by atoms with Crippen LogP contribution in [0.25, 0.3) is 0 Å². The van der Waals surface area contributed by atoms with Gasteiger partial charge in [-0.3, -0.25) is 0 Å². The van der Waals surface area contributed by atoms with Crippen molar-refractivity contribution in [2.24, 2.45) is 0 Å². The molecule has 0 amide bonds. The summed E-state index contributed by atoms with van der Waals surface area (Å²) >= 11 is 0. The molecule has 0 N–H and O–H groups in total. The average Bonchev–Trinajstić information content (AvgIpc) is 2.17. The lowest BCUT2D eigenvalue weighted by Crippen LogP contribution is -2.05. The van der Waals surface area contributed by atoms with Crippen LogP contribution < -0.4 is 9.47 Å². The molecule has 0 unspecified atom stereocenters. The highest BCUT2D eigenvalue weighted by Gasteiger charge is 2.14. The van der Waals surface area contributed by atoms with Crippen LogP contribution in [0.1, 0.15) is 5.56 Å². The number of benzene rings is 1. The Morgan fingerprint density at radius 2 is 2.14 bits per heavy atom. The number of rotatable bonds is 3. The summed E-state index contributed by atoms with van der Waals surface area (Å²) in [5.74, 6) is -0.114. The molecule has 0 saturated carbocycles. The van der Waals surface area contributed by atoms with Crippen molar-refractivity contribution < 1.29 is 18.3 Å². The number of hydrogen-bond donors (Lipinski definition) is 0. The summed E-state index contributed by atoms with van der Waals surface area (Å²) in [6.07, 6.45) is 0. The van der Waals surface area contributed by atoms with Gasteiger partial charge in [-0.05, 0) is 12.1 Å². The minimum Gasteiger partial charge on any atom is -0.493 e. The van der Waals surface area contributed by atoms with E-state index in [4.69, 9.17) is 10.00 Å². The zero-order valence-electron chi connectivity index (χ0n) is 7.33. The third-order valence-electron chi connectivity index (χ3n) is 1.53. The largest absolute Gasteiger partial charge is 0.493 e. The number of hydrogen-bond acceptors (Lipinski definition) is 3. The molecule has 0 spiro atoms. The van der Waals surface area contributed by atoms with Gasteiger partial charge in [0, 0.05) is 0 Å². The van der Waals surface area contributed by atoms with Crippen molar-refractivity contribution in [2.75, 3.05) is 7.11 Å². The number of halogens is 2. The molecule has 0 aliphatic heterocycles. The molecule has 1 aromatic rings. The number of nitrogens with zero attached hydrogens (tertiary/aromatic N) is 1. The van der Waals surface area contributed by atoms with Crippen molar-refractivity contribution in [1.29, 1.82) is 5.26 Å². The van der Waals surface area contributed by atoms with E-state index in [1.165, 1.54) is 25.3 Å². The van der Waals surface area contributed by atoms with Crippen LogP contribution in [0.3, 0.4) is 0 Å². The maximum absolute atomic E-state index is 12.0. The summed E-state index contributed by atoms with van der Waals surface area (Å²) in [6.45, 7) is -2.97. The van der Waals surface area contributed by atoms with Crippen LogP contribution >= 0.6 is 0 Å². The lowest BCUT2D eigenvalue weighted by Gasteiger charge is -2.10. The number of nitriles is 1. The summed E-state index contributed by atoms with van der Waals surface area (Å²) < 4.78 is 32.9. The van der Waals surface area contributed by atoms with E-state index in [0.717, 1.165) is 0 Å². The van der Waals surface area contributed by atoms with E-state index in [0.29, 0.717) is 0 Å². The molecule has 0 radical (unpaired) electrons. The number of para-hydroxylation sites is 1. The number of methoxy groups -OCH3 is 1. The van der Waals surface area contributed by atoms with E-state index in [-0.39, 0.29) is 17.1 Å². The molecule has 74 valence electrons. The maximum atomic E-state index is 12.0. The molecule has 0 aliphatic rings. The van der Waals surface area contributed by atoms with Gasteiger partial charge in [0.25, 0.3) is 0 Å². The number of ether oxygens (including phenoxy) is 2. The summed E-state index contributed by atoms with van der Waals surface area (Å²) in [6, 6.07) is 6.08. The zero-order chi connectivity index (χ0) is 10.6. The highest BCUT2D eigenvalue weighted by atomic mass is 19.3. The van der Waals surface area contributed by atoms with Crippen LogP contribution in [-0.2, 0) is 0 Å². The molecule has 0 saturated heterocycles. The first-order valence-corrected chi connectivity index (χ1v) is 3.71. The molecule has 1 aromatic carbocycles. The Morgan fingerprint density at radius 1 is 1.43 bits per heavy atom. The van der Waals surface area contributed by atoms with Gasteiger partial charge in [0.1, 0.15) is 6.07 Å². The second-order valence-electron chi connectivity index (χ2n) is 2.33. The van der Waals surface area contributed by atoms with Crippen molar-refractivity contribution in [1.82, 2.24) is 0 Å². The molecule has 0 bridgehead atoms. The minimum absolute atomic E-state index is 0.0182. The fraction of sp³-hybridized carbons (Fsp3) is 0.222. The van der Waals surface area contributed by atoms with Gasteiger partial charge in [-0.25, -0.2) is 0 Å². The zero-order valence-corrected chi connectivity index (χ0v) is 7.33. The Balaban J connectivity index is 3.14. The molecule has 0 fully saturated rings. The molecule has 0 aromatic heterocycles. The summed E-state index contributed by atoms with van der Waals surface area (Å²) in [7, 11) is 1.31. The Kier molecular flexibility index (Phi) is 3.24. The predicted octanol–water partition coefficient (Wildman–Crippen LogP) is 2.17. The van der Waals surface area contributed by atoms with Gasteiger partial charge in [-0.2, -0.15) is 14.0 Å². The predicted molar refractivity (Wildman–Crippen MR) is 44.3 cm³/mol. The van der Waals surface area contributed by atoms with Gasteiger partial charge in [0.05, 0.1) is 12.7 Å². The van der Waals surface area contributed by atoms with Crippen LogP contribution in [-0.4, -0.2) is 13.7 Å². The lowest BCUT2D eigenvalue weighted by atomic mass is 10.2. The minimum atomic E-state index is -2.97. The highest BCUT2D eigenvalue weighted by Crippen LogP contribution is 2.31. The Hall–Kier alpha value is -1.83. The third kappa shape index (κ3) is 2.10. The van der Waals surface area contributed by atoms with Gasteiger partial charge < -0.3 is 9.47 Å². The van der Waals surface area contributed by atoms with Crippen LogP contribution in [0, 0.1) is 11.3 Å². The molecule has 5 heteroatoms. The molecule has 14 heavy (non-hydrogen) atoms. The molecule has 0 heterocycles. The standard InChI is InChI=1S/C9H7F2NO2/c1-13-7-4-2-3-6(5-12)8(7)14-9(10)11/h2-4,9H,1H3. The molecule has 0 atom stereocenters. The van der Waals surface area contributed by atoms with Gasteiger partial charge in [-0.1, -0.05) is 6.07 Å². The number of alkyl halides is 2. The first-order valence-electron chi connectivity index (χ1n) is 3.71. The summed E-state index contributed by atoms with van der Waals surface area (Å²) in [5, 5.41) is 8.62. The van der Waals surface area contributed by atoms with Gasteiger partial charge in [-0.15, -0.1) is 0 Å². The first-order chi connectivity index (χ1) is 6.69. The second kappa shape index (κ2) is 4.42. The van der Waals surface area contributed by atoms with Crippen molar-refractivity contribution in [3.63, 3.8) is 0 Å². The van der Waals surface area contributed by atoms with Crippen LogP contribution in [0.4, 0.5) is 8.78 Å². The van der Waals surface area contributed by atoms with Gasteiger partial charge in [0.2, 0.25) is 0 Å². The maximum Gasteiger partial charge on any atom is 0.387 e. The van der Waals surface area contributed by atoms with E-state index >= 15 is 0 Å². The van der Waals surface area contributed by atoms with Crippen molar-refractivity contribution in [3.8, 4) is 17.6 Å². The fourth-order valence-corrected chi connectivity index (χ4v) is 0.975. The normalized spacial score (nSPS) is 9.64. The fourth-order valence-electron chi connectivity index (χ4n) is 0.975. The molecular weight excluding hydrogens is 192 g/mol. The van der Waals surface area contributed by atoms with E-state index in [1.54, 1.807) is 6.07 Å². The topological polar surface area (TPSA) is 42.2 Å². The molecular formula is C9H7F2NO2. The van der Waals surface area contributed by atoms with Crippen LogP contribution in [0.15, 0.2) is 18.2 Å². The lowest BCUT2D eigenvalue weighted by molar-refractivity contribution is -0.0514. The van der Waals surface area contributed by atoms with Gasteiger partial charge in [0.15, 0.2) is 11.5 Å². The van der Waals surface area contributed by atoms with E-state index < -0.39 is 6.61 Å². The molecule has 1 rings (SSSR count). The van der Waals surface area contributed by atoms with Gasteiger partial charge >= 0.3 is 6.61 Å². The quantitative estimate of drug-likeness (QED) is 0.749. The second-order valence-corrected chi connectivity index (χ2v) is 2.33. The monoisotopic (exact) mass is 199 g/mol. The van der Waals surface area contributed by atoms with Crippen molar-refractivity contribution in [2.45, 2.75) is 6.61 Å². The summed E-state index contributed by atoms with van der Waals surface area (Å²) in [5.41, 5.74) is 0.0182. The summed E-state index contributed by atoms with van der Waals surface area (Å²) in [4.78, 5) is 0. The SMILES string of the molecule is COc1cccc(C#N)c1OC(F)F. The van der Waals surface area contributed by atoms with E-state index in [2.05, 4.69) is 4.74 Å². The Bertz CT molecular complexity index is 360. The van der Waals surface area contributed by atoms with E-state index in [1.807, 2.05) is 0 Å². The van der Waals surface area contributed by atoms with Crippen LogP contribution in [0.5, 0.6) is 11.5 Å². The highest BCUT2D eigenvalue weighted by molar-refractivity contribution is 5.52.